The van der Waals surface area contributed by atoms with Gasteiger partial charge in [0.2, 0.25) is 0 Å². The topological polar surface area (TPSA) is 126 Å². The first-order chi connectivity index (χ1) is 12.1. The highest BCUT2D eigenvalue weighted by Crippen LogP contribution is 2.26. The number of aromatic nitrogens is 3. The van der Waals surface area contributed by atoms with E-state index in [0.29, 0.717) is 35.7 Å². The number of anilines is 1. The number of amides is 1. The van der Waals surface area contributed by atoms with E-state index in [1.54, 1.807) is 13.2 Å². The number of rotatable bonds is 6. The highest BCUT2D eigenvalue weighted by atomic mass is 16.5. The highest BCUT2D eigenvalue weighted by molar-refractivity contribution is 6.06. The lowest BCUT2D eigenvalue weighted by Gasteiger charge is -2.09. The summed E-state index contributed by atoms with van der Waals surface area (Å²) in [5.74, 6) is 0.291. The summed E-state index contributed by atoms with van der Waals surface area (Å²) in [5, 5.41) is 0. The Morgan fingerprint density at radius 3 is 2.56 bits per heavy atom. The second kappa shape index (κ2) is 7.10. The molecule has 2 heterocycles. The van der Waals surface area contributed by atoms with Crippen molar-refractivity contribution >= 4 is 22.8 Å². The highest BCUT2D eigenvalue weighted by Gasteiger charge is 2.15. The fraction of sp³-hybridized carbons (Fsp3) is 0.176. The second-order valence-corrected chi connectivity index (χ2v) is 5.24. The van der Waals surface area contributed by atoms with Crippen molar-refractivity contribution in [2.45, 2.75) is 0 Å². The molecule has 0 spiro atoms. The molecule has 2 aromatic heterocycles. The van der Waals surface area contributed by atoms with E-state index in [0.717, 1.165) is 5.56 Å². The van der Waals surface area contributed by atoms with Crippen LogP contribution in [-0.2, 0) is 4.74 Å². The van der Waals surface area contributed by atoms with Crippen LogP contribution < -0.4 is 16.2 Å². The molecular weight excluding hydrogens is 322 g/mol. The summed E-state index contributed by atoms with van der Waals surface area (Å²) in [6.45, 7) is 0.971. The molecule has 1 aromatic carbocycles. The zero-order valence-electron chi connectivity index (χ0n) is 13.6. The van der Waals surface area contributed by atoms with Crippen LogP contribution in [0.4, 0.5) is 5.82 Å². The van der Waals surface area contributed by atoms with E-state index >= 15 is 0 Å². The minimum absolute atomic E-state index is 0.189. The lowest BCUT2D eigenvalue weighted by Crippen LogP contribution is -2.13. The molecule has 0 radical (unpaired) electrons. The molecule has 0 saturated heterocycles. The van der Waals surface area contributed by atoms with Crippen molar-refractivity contribution in [3.05, 3.63) is 42.2 Å². The van der Waals surface area contributed by atoms with Gasteiger partial charge in [-0.25, -0.2) is 15.0 Å². The van der Waals surface area contributed by atoms with Crippen LogP contribution in [0, 0.1) is 0 Å². The van der Waals surface area contributed by atoms with Crippen LogP contribution in [0.5, 0.6) is 5.75 Å². The Bertz CT molecular complexity index is 912. The molecule has 0 aliphatic heterocycles. The van der Waals surface area contributed by atoms with Crippen LogP contribution in [-0.4, -0.2) is 41.2 Å². The van der Waals surface area contributed by atoms with Crippen molar-refractivity contribution in [2.75, 3.05) is 26.1 Å². The predicted molar refractivity (Wildman–Crippen MR) is 93.1 cm³/mol. The lowest BCUT2D eigenvalue weighted by atomic mass is 10.1. The molecular formula is C17H17N5O3. The summed E-state index contributed by atoms with van der Waals surface area (Å²) in [5.41, 5.74) is 13.6. The number of nitrogen functional groups attached to an aromatic ring is 1. The number of hydrogen-bond acceptors (Lipinski definition) is 7. The largest absolute Gasteiger partial charge is 0.491 e. The van der Waals surface area contributed by atoms with Crippen molar-refractivity contribution in [2.24, 2.45) is 5.73 Å². The fourth-order valence-corrected chi connectivity index (χ4v) is 2.36. The van der Waals surface area contributed by atoms with Crippen LogP contribution in [0.3, 0.4) is 0 Å². The monoisotopic (exact) mass is 339 g/mol. The third-order valence-corrected chi connectivity index (χ3v) is 3.59. The molecule has 4 N–H and O–H groups in total. The molecule has 3 aromatic rings. The second-order valence-electron chi connectivity index (χ2n) is 5.24. The van der Waals surface area contributed by atoms with E-state index in [4.69, 9.17) is 20.9 Å². The molecule has 0 fully saturated rings. The van der Waals surface area contributed by atoms with Crippen molar-refractivity contribution in [3.8, 4) is 17.0 Å². The van der Waals surface area contributed by atoms with E-state index in [1.807, 2.05) is 24.3 Å². The number of benzene rings is 1. The fourth-order valence-electron chi connectivity index (χ4n) is 2.36. The van der Waals surface area contributed by atoms with Crippen molar-refractivity contribution in [1.29, 1.82) is 0 Å². The third-order valence-electron chi connectivity index (χ3n) is 3.59. The van der Waals surface area contributed by atoms with Crippen molar-refractivity contribution in [1.82, 2.24) is 15.0 Å². The number of hydrogen-bond donors (Lipinski definition) is 2. The Morgan fingerprint density at radius 2 is 1.88 bits per heavy atom. The van der Waals surface area contributed by atoms with Gasteiger partial charge in [0.05, 0.1) is 17.9 Å². The molecule has 0 atom stereocenters. The van der Waals surface area contributed by atoms with E-state index < -0.39 is 5.91 Å². The number of nitrogens with two attached hydrogens (primary N) is 2. The minimum atomic E-state index is -0.605. The quantitative estimate of drug-likeness (QED) is 0.650. The van der Waals surface area contributed by atoms with Crippen LogP contribution in [0.2, 0.25) is 0 Å². The summed E-state index contributed by atoms with van der Waals surface area (Å²) in [6, 6.07) is 8.89. The molecule has 128 valence electrons. The Hall–Kier alpha value is -3.26. The molecule has 0 unspecified atom stereocenters. The zero-order chi connectivity index (χ0) is 17.8. The van der Waals surface area contributed by atoms with Crippen LogP contribution >= 0.6 is 0 Å². The smallest absolute Gasteiger partial charge is 0.251 e. The molecule has 8 heteroatoms. The zero-order valence-corrected chi connectivity index (χ0v) is 13.6. The number of nitrogens with zero attached hydrogens (tertiary/aromatic N) is 3. The van der Waals surface area contributed by atoms with Gasteiger partial charge in [-0.1, -0.05) is 0 Å². The van der Waals surface area contributed by atoms with Crippen LogP contribution in [0.1, 0.15) is 10.4 Å². The number of carbonyl (C=O) groups excluding carboxylic acids is 1. The van der Waals surface area contributed by atoms with Gasteiger partial charge in [0.15, 0.2) is 5.82 Å². The number of fused-ring (bicyclic) bond motifs is 1. The average molecular weight is 339 g/mol. The Balaban J connectivity index is 2.01. The first-order valence-corrected chi connectivity index (χ1v) is 7.53. The average Bonchev–Trinajstić information content (AvgIpc) is 2.62. The van der Waals surface area contributed by atoms with Gasteiger partial charge in [-0.15, -0.1) is 0 Å². The van der Waals surface area contributed by atoms with Gasteiger partial charge in [0.1, 0.15) is 29.7 Å². The van der Waals surface area contributed by atoms with E-state index in [2.05, 4.69) is 15.0 Å². The summed E-state index contributed by atoms with van der Waals surface area (Å²) in [7, 11) is 1.61. The van der Waals surface area contributed by atoms with Gasteiger partial charge in [-0.05, 0) is 30.3 Å². The maximum atomic E-state index is 11.8. The Morgan fingerprint density at radius 1 is 1.12 bits per heavy atom. The summed E-state index contributed by atoms with van der Waals surface area (Å²) >= 11 is 0. The van der Waals surface area contributed by atoms with Crippen LogP contribution in [0.15, 0.2) is 36.7 Å². The van der Waals surface area contributed by atoms with Gasteiger partial charge < -0.3 is 20.9 Å². The minimum Gasteiger partial charge on any atom is -0.491 e. The van der Waals surface area contributed by atoms with Crippen molar-refractivity contribution < 1.29 is 14.3 Å². The van der Waals surface area contributed by atoms with Gasteiger partial charge >= 0.3 is 0 Å². The van der Waals surface area contributed by atoms with Gasteiger partial charge in [0, 0.05) is 12.7 Å². The molecule has 1 amide bonds. The maximum absolute atomic E-state index is 11.8. The number of primary amides is 1. The van der Waals surface area contributed by atoms with Crippen molar-refractivity contribution in [3.63, 3.8) is 0 Å². The normalized spacial score (nSPS) is 10.8. The molecule has 0 aliphatic carbocycles. The molecule has 0 saturated carbocycles. The SMILES string of the molecule is COCCOc1ccc(-c2cc(C(N)=O)c3ncnc(N)c3n2)cc1. The number of pyridine rings is 1. The van der Waals surface area contributed by atoms with E-state index in [1.165, 1.54) is 6.33 Å². The number of carbonyl (C=O) groups is 1. The van der Waals surface area contributed by atoms with Gasteiger partial charge in [0.25, 0.3) is 5.91 Å². The molecule has 0 bridgehead atoms. The number of methoxy groups -OCH3 is 1. The molecule has 3 rings (SSSR count). The van der Waals surface area contributed by atoms with Crippen LogP contribution in [0.25, 0.3) is 22.3 Å². The van der Waals surface area contributed by atoms with Gasteiger partial charge in [-0.3, -0.25) is 4.79 Å². The predicted octanol–water partition coefficient (Wildman–Crippen LogP) is 1.40. The first kappa shape index (κ1) is 16.6. The third kappa shape index (κ3) is 3.48. The molecule has 0 aliphatic rings. The molecule has 25 heavy (non-hydrogen) atoms. The Labute approximate surface area is 143 Å². The van der Waals surface area contributed by atoms with E-state index in [9.17, 15) is 4.79 Å². The number of ether oxygens (including phenoxy) is 2. The molecule has 8 nitrogen and oxygen atoms in total. The summed E-state index contributed by atoms with van der Waals surface area (Å²) in [6.07, 6.45) is 1.28. The van der Waals surface area contributed by atoms with E-state index in [-0.39, 0.29) is 11.4 Å². The first-order valence-electron chi connectivity index (χ1n) is 7.53. The summed E-state index contributed by atoms with van der Waals surface area (Å²) in [4.78, 5) is 24.2. The lowest BCUT2D eigenvalue weighted by molar-refractivity contribution is 0.100. The standard InChI is InChI=1S/C17H17N5O3/c1-24-6-7-25-11-4-2-10(3-5-11)13-8-12(17(19)23)14-15(22-13)16(18)21-9-20-14/h2-5,8-9H,6-7H2,1H3,(H2,19,23)(H2,18,20,21). The summed E-state index contributed by atoms with van der Waals surface area (Å²) < 4.78 is 10.5. The maximum Gasteiger partial charge on any atom is 0.251 e. The Kier molecular flexibility index (Phi) is 4.71. The van der Waals surface area contributed by atoms with Gasteiger partial charge in [-0.2, -0.15) is 0 Å².